The van der Waals surface area contributed by atoms with Crippen LogP contribution in [0, 0.1) is 5.92 Å². The summed E-state index contributed by atoms with van der Waals surface area (Å²) in [6, 6.07) is 10.8. The maximum Gasteiger partial charge on any atom is 0.291 e. The fraction of sp³-hybridized carbons (Fsp3) is 0.409. The number of carbonyl (C=O) groups is 3. The van der Waals surface area contributed by atoms with Crippen LogP contribution in [-0.2, 0) is 16.1 Å². The van der Waals surface area contributed by atoms with Crippen molar-refractivity contribution in [3.05, 3.63) is 54.0 Å². The molecule has 2 fully saturated rings. The number of hydrogen-bond acceptors (Lipinski definition) is 4. The molecule has 3 amide bonds. The van der Waals surface area contributed by atoms with Gasteiger partial charge in [-0.1, -0.05) is 25.0 Å². The van der Waals surface area contributed by atoms with Crippen LogP contribution in [0.3, 0.4) is 0 Å². The maximum atomic E-state index is 12.5. The fourth-order valence-electron chi connectivity index (χ4n) is 4.12. The Bertz CT molecular complexity index is 870. The topological polar surface area (TPSA) is 91.7 Å². The molecule has 4 rings (SSSR count). The summed E-state index contributed by atoms with van der Waals surface area (Å²) in [5.74, 6) is -0.300. The molecule has 1 aromatic carbocycles. The van der Waals surface area contributed by atoms with Crippen LogP contribution in [0.5, 0.6) is 0 Å². The number of amides is 3. The van der Waals surface area contributed by atoms with Gasteiger partial charge in [0.25, 0.3) is 5.91 Å². The Labute approximate surface area is 169 Å². The summed E-state index contributed by atoms with van der Waals surface area (Å²) in [4.78, 5) is 38.7. The van der Waals surface area contributed by atoms with Gasteiger partial charge in [0.05, 0.1) is 12.2 Å². The number of nitrogens with one attached hydrogen (secondary N) is 2. The largest absolute Gasteiger partial charge is 0.459 e. The van der Waals surface area contributed by atoms with Crippen molar-refractivity contribution in [1.82, 2.24) is 10.2 Å². The zero-order chi connectivity index (χ0) is 20.2. The Kier molecular flexibility index (Phi) is 5.64. The van der Waals surface area contributed by atoms with Crippen LogP contribution in [-0.4, -0.2) is 35.2 Å². The van der Waals surface area contributed by atoms with Gasteiger partial charge in [0, 0.05) is 31.2 Å². The van der Waals surface area contributed by atoms with Crippen LogP contribution in [0.15, 0.2) is 47.1 Å². The highest BCUT2D eigenvalue weighted by Gasteiger charge is 2.38. The minimum absolute atomic E-state index is 0.0750. The normalized spacial score (nSPS) is 19.5. The maximum absolute atomic E-state index is 12.5. The van der Waals surface area contributed by atoms with Crippen LogP contribution >= 0.6 is 0 Å². The van der Waals surface area contributed by atoms with Gasteiger partial charge in [-0.15, -0.1) is 0 Å². The number of rotatable bonds is 6. The zero-order valence-corrected chi connectivity index (χ0v) is 16.2. The van der Waals surface area contributed by atoms with Crippen molar-refractivity contribution >= 4 is 23.4 Å². The average Bonchev–Trinajstić information content (AvgIpc) is 3.48. The highest BCUT2D eigenvalue weighted by atomic mass is 16.3. The van der Waals surface area contributed by atoms with Crippen molar-refractivity contribution in [2.24, 2.45) is 5.92 Å². The van der Waals surface area contributed by atoms with Crippen molar-refractivity contribution in [2.75, 3.05) is 11.9 Å². The Hall–Kier alpha value is -3.09. The molecular weight excluding hydrogens is 370 g/mol. The Balaban J connectivity index is 1.26. The first-order chi connectivity index (χ1) is 14.1. The molecule has 0 spiro atoms. The van der Waals surface area contributed by atoms with Gasteiger partial charge < -0.3 is 20.0 Å². The van der Waals surface area contributed by atoms with E-state index in [1.807, 2.05) is 17.0 Å². The van der Waals surface area contributed by atoms with E-state index >= 15 is 0 Å². The van der Waals surface area contributed by atoms with Crippen LogP contribution in [0.2, 0.25) is 0 Å². The van der Waals surface area contributed by atoms with E-state index in [0.717, 1.165) is 18.4 Å². The van der Waals surface area contributed by atoms with Crippen molar-refractivity contribution in [1.29, 1.82) is 0 Å². The lowest BCUT2D eigenvalue weighted by atomic mass is 10.1. The van der Waals surface area contributed by atoms with Crippen molar-refractivity contribution in [3.63, 3.8) is 0 Å². The Morgan fingerprint density at radius 1 is 1.10 bits per heavy atom. The number of anilines is 1. The van der Waals surface area contributed by atoms with Gasteiger partial charge in [0.2, 0.25) is 11.8 Å². The summed E-state index contributed by atoms with van der Waals surface area (Å²) in [5.41, 5.74) is 1.57. The predicted molar refractivity (Wildman–Crippen MR) is 107 cm³/mol. The lowest BCUT2D eigenvalue weighted by molar-refractivity contribution is -0.130. The van der Waals surface area contributed by atoms with E-state index in [0.29, 0.717) is 31.2 Å². The minimum Gasteiger partial charge on any atom is -0.459 e. The summed E-state index contributed by atoms with van der Waals surface area (Å²) in [7, 11) is 0. The molecule has 1 aliphatic carbocycles. The monoisotopic (exact) mass is 395 g/mol. The first-order valence-electron chi connectivity index (χ1n) is 10.1. The van der Waals surface area contributed by atoms with E-state index in [2.05, 4.69) is 10.6 Å². The summed E-state index contributed by atoms with van der Waals surface area (Å²) in [5, 5.41) is 5.69. The van der Waals surface area contributed by atoms with Crippen molar-refractivity contribution < 1.29 is 18.8 Å². The highest BCUT2D eigenvalue weighted by molar-refractivity contribution is 6.02. The molecule has 29 heavy (non-hydrogen) atoms. The van der Waals surface area contributed by atoms with E-state index in [9.17, 15) is 14.4 Å². The molecule has 1 aliphatic heterocycles. The summed E-state index contributed by atoms with van der Waals surface area (Å²) in [6.45, 7) is 0.923. The number of carbonyl (C=O) groups excluding carboxylic acids is 3. The van der Waals surface area contributed by atoms with Gasteiger partial charge in [-0.3, -0.25) is 14.4 Å². The Morgan fingerprint density at radius 2 is 1.86 bits per heavy atom. The lowest BCUT2D eigenvalue weighted by Crippen LogP contribution is -2.36. The SMILES string of the molecule is O=C(Nc1ccc(CNC(=O)C2CC(=O)N(C3CCCC3)C2)cc1)c1ccco1. The number of likely N-dealkylation sites (tertiary alicyclic amines) is 1. The summed E-state index contributed by atoms with van der Waals surface area (Å²) >= 11 is 0. The zero-order valence-electron chi connectivity index (χ0n) is 16.2. The number of hydrogen-bond donors (Lipinski definition) is 2. The molecule has 7 nitrogen and oxygen atoms in total. The second kappa shape index (κ2) is 8.51. The molecule has 1 unspecified atom stereocenters. The third-order valence-corrected chi connectivity index (χ3v) is 5.72. The molecule has 2 heterocycles. The molecule has 1 aromatic heterocycles. The molecule has 2 aliphatic rings. The quantitative estimate of drug-likeness (QED) is 0.787. The molecular formula is C22H25N3O4. The van der Waals surface area contributed by atoms with Gasteiger partial charge >= 0.3 is 0 Å². The molecule has 7 heteroatoms. The second-order valence-corrected chi connectivity index (χ2v) is 7.73. The van der Waals surface area contributed by atoms with E-state index in [-0.39, 0.29) is 29.4 Å². The van der Waals surface area contributed by atoms with Crippen LogP contribution in [0.4, 0.5) is 5.69 Å². The Morgan fingerprint density at radius 3 is 2.55 bits per heavy atom. The van der Waals surface area contributed by atoms with Gasteiger partial charge in [-0.2, -0.15) is 0 Å². The first kappa shape index (κ1) is 19.2. The molecule has 2 aromatic rings. The number of furan rings is 1. The minimum atomic E-state index is -0.311. The predicted octanol–water partition coefficient (Wildman–Crippen LogP) is 2.94. The molecule has 1 atom stereocenters. The number of benzene rings is 1. The van der Waals surface area contributed by atoms with Gasteiger partial charge in [0.15, 0.2) is 5.76 Å². The third-order valence-electron chi connectivity index (χ3n) is 5.72. The van der Waals surface area contributed by atoms with E-state index in [4.69, 9.17) is 4.42 Å². The van der Waals surface area contributed by atoms with Crippen molar-refractivity contribution in [2.45, 2.75) is 44.7 Å². The highest BCUT2D eigenvalue weighted by Crippen LogP contribution is 2.29. The smallest absolute Gasteiger partial charge is 0.291 e. The molecule has 2 N–H and O–H groups in total. The summed E-state index contributed by atoms with van der Waals surface area (Å²) in [6.07, 6.45) is 6.21. The third kappa shape index (κ3) is 4.50. The molecule has 0 radical (unpaired) electrons. The molecule has 1 saturated heterocycles. The standard InChI is InChI=1S/C22H25N3O4/c26-20-12-16(14-25(20)18-4-1-2-5-18)21(27)23-13-15-7-9-17(10-8-15)24-22(28)19-6-3-11-29-19/h3,6-11,16,18H,1-2,4-5,12-14H2,(H,23,27)(H,24,28). The number of nitrogens with zero attached hydrogens (tertiary/aromatic N) is 1. The van der Waals surface area contributed by atoms with E-state index in [1.54, 1.807) is 24.3 Å². The van der Waals surface area contributed by atoms with Gasteiger partial charge in [-0.05, 0) is 42.7 Å². The van der Waals surface area contributed by atoms with Crippen LogP contribution in [0.25, 0.3) is 0 Å². The van der Waals surface area contributed by atoms with E-state index in [1.165, 1.54) is 19.1 Å². The van der Waals surface area contributed by atoms with Crippen LogP contribution < -0.4 is 10.6 Å². The van der Waals surface area contributed by atoms with E-state index < -0.39 is 0 Å². The van der Waals surface area contributed by atoms with Crippen molar-refractivity contribution in [3.8, 4) is 0 Å². The van der Waals surface area contributed by atoms with Gasteiger partial charge in [0.1, 0.15) is 0 Å². The average molecular weight is 395 g/mol. The first-order valence-corrected chi connectivity index (χ1v) is 10.1. The molecule has 152 valence electrons. The van der Waals surface area contributed by atoms with Crippen LogP contribution in [0.1, 0.15) is 48.2 Å². The summed E-state index contributed by atoms with van der Waals surface area (Å²) < 4.78 is 5.07. The molecule has 0 bridgehead atoms. The molecule has 1 saturated carbocycles. The van der Waals surface area contributed by atoms with Gasteiger partial charge in [-0.25, -0.2) is 0 Å². The fourth-order valence-corrected chi connectivity index (χ4v) is 4.12. The lowest BCUT2D eigenvalue weighted by Gasteiger charge is -2.23. The second-order valence-electron chi connectivity index (χ2n) is 7.73.